The third-order valence-electron chi connectivity index (χ3n) is 4.58. The van der Waals surface area contributed by atoms with Gasteiger partial charge in [0.05, 0.1) is 44.8 Å². The number of nitrogens with one attached hydrogen (secondary N) is 1. The highest BCUT2D eigenvalue weighted by molar-refractivity contribution is 9.10. The molecule has 2 aromatic carbocycles. The summed E-state index contributed by atoms with van der Waals surface area (Å²) < 4.78 is 21.9. The van der Waals surface area contributed by atoms with Crippen molar-refractivity contribution in [1.82, 2.24) is 4.98 Å². The Balaban J connectivity index is 2.31. The van der Waals surface area contributed by atoms with Crippen LogP contribution in [0.15, 0.2) is 28.7 Å². The number of halogens is 1. The number of H-pyrrole nitrogens is 1. The van der Waals surface area contributed by atoms with E-state index in [1.54, 1.807) is 25.1 Å². The topological polar surface area (TPSA) is 113 Å². The molecule has 0 fully saturated rings. The monoisotopic (exact) mass is 476 g/mol. The van der Waals surface area contributed by atoms with Crippen LogP contribution in [0.1, 0.15) is 33.3 Å². The molecule has 0 aliphatic rings. The fourth-order valence-electron chi connectivity index (χ4n) is 3.26. The van der Waals surface area contributed by atoms with Crippen molar-refractivity contribution in [2.24, 2.45) is 0 Å². The van der Waals surface area contributed by atoms with E-state index < -0.39 is 11.8 Å². The van der Waals surface area contributed by atoms with Crippen molar-refractivity contribution in [3.05, 3.63) is 45.6 Å². The maximum atomic E-state index is 13.6. The molecule has 0 bridgehead atoms. The van der Waals surface area contributed by atoms with E-state index in [9.17, 15) is 9.59 Å². The number of ether oxygens (including phenoxy) is 4. The van der Waals surface area contributed by atoms with Gasteiger partial charge in [-0.3, -0.25) is 4.79 Å². The Morgan fingerprint density at radius 2 is 1.77 bits per heavy atom. The number of aromatic amines is 1. The lowest BCUT2D eigenvalue weighted by Crippen LogP contribution is -2.14. The molecule has 0 atom stereocenters. The first-order valence-electron chi connectivity index (χ1n) is 8.99. The molecule has 0 unspecified atom stereocenters. The van der Waals surface area contributed by atoms with Crippen LogP contribution < -0.4 is 19.9 Å². The molecule has 0 radical (unpaired) electrons. The number of methoxy groups -OCH3 is 3. The van der Waals surface area contributed by atoms with E-state index in [-0.39, 0.29) is 46.4 Å². The smallest absolute Gasteiger partial charge is 0.355 e. The van der Waals surface area contributed by atoms with Gasteiger partial charge in [0.15, 0.2) is 17.3 Å². The lowest BCUT2D eigenvalue weighted by molar-refractivity contribution is 0.0518. The third-order valence-corrected chi connectivity index (χ3v) is 5.07. The normalized spacial score (nSPS) is 10.7. The van der Waals surface area contributed by atoms with E-state index in [1.807, 2.05) is 0 Å². The lowest BCUT2D eigenvalue weighted by atomic mass is 9.97. The highest BCUT2D eigenvalue weighted by Gasteiger charge is 2.29. The summed E-state index contributed by atoms with van der Waals surface area (Å²) in [5.41, 5.74) is 7.21. The van der Waals surface area contributed by atoms with Gasteiger partial charge >= 0.3 is 5.97 Å². The van der Waals surface area contributed by atoms with Crippen molar-refractivity contribution >= 4 is 44.3 Å². The SMILES string of the molecule is CCOC(=O)c1[nH]c2ccc(Br)cc2c1C(=O)c1cc(OC)c(OC)c(OC)c1N. The van der Waals surface area contributed by atoms with Crippen molar-refractivity contribution < 1.29 is 28.5 Å². The van der Waals surface area contributed by atoms with Crippen LogP contribution in [-0.4, -0.2) is 44.7 Å². The number of aromatic nitrogens is 1. The number of rotatable bonds is 7. The van der Waals surface area contributed by atoms with E-state index in [4.69, 9.17) is 24.7 Å². The molecule has 3 rings (SSSR count). The number of carbonyl (C=O) groups excluding carboxylic acids is 2. The van der Waals surface area contributed by atoms with Gasteiger partial charge in [0.1, 0.15) is 5.69 Å². The zero-order valence-corrected chi connectivity index (χ0v) is 18.5. The number of ketones is 1. The van der Waals surface area contributed by atoms with Crippen LogP contribution >= 0.6 is 15.9 Å². The van der Waals surface area contributed by atoms with Crippen LogP contribution in [0.3, 0.4) is 0 Å². The second-order valence-corrected chi connectivity index (χ2v) is 7.14. The van der Waals surface area contributed by atoms with Crippen LogP contribution in [0.5, 0.6) is 17.2 Å². The number of carbonyl (C=O) groups is 2. The summed E-state index contributed by atoms with van der Waals surface area (Å²) in [5.74, 6) is -0.427. The summed E-state index contributed by atoms with van der Waals surface area (Å²) in [6.07, 6.45) is 0. The van der Waals surface area contributed by atoms with E-state index in [0.717, 1.165) is 4.47 Å². The van der Waals surface area contributed by atoms with Gasteiger partial charge in [0.2, 0.25) is 5.75 Å². The van der Waals surface area contributed by atoms with Crippen LogP contribution in [0, 0.1) is 0 Å². The maximum absolute atomic E-state index is 13.6. The Hall–Kier alpha value is -3.20. The van der Waals surface area contributed by atoms with Crippen molar-refractivity contribution in [2.45, 2.75) is 6.92 Å². The van der Waals surface area contributed by atoms with Crippen molar-refractivity contribution in [3.8, 4) is 17.2 Å². The Kier molecular flexibility index (Phi) is 6.21. The molecule has 9 heteroatoms. The predicted octanol–water partition coefficient (Wildman–Crippen LogP) is 3.95. The second-order valence-electron chi connectivity index (χ2n) is 6.22. The third kappa shape index (κ3) is 3.56. The zero-order chi connectivity index (χ0) is 22.0. The fraction of sp³-hybridized carbons (Fsp3) is 0.238. The van der Waals surface area contributed by atoms with Gasteiger partial charge in [-0.25, -0.2) is 4.79 Å². The van der Waals surface area contributed by atoms with Crippen LogP contribution in [0.4, 0.5) is 5.69 Å². The number of benzene rings is 2. The molecule has 0 spiro atoms. The largest absolute Gasteiger partial charge is 0.493 e. The average molecular weight is 477 g/mol. The molecule has 0 amide bonds. The Morgan fingerprint density at radius 1 is 1.07 bits per heavy atom. The average Bonchev–Trinajstić information content (AvgIpc) is 3.11. The molecule has 0 saturated carbocycles. The molecule has 8 nitrogen and oxygen atoms in total. The van der Waals surface area contributed by atoms with E-state index in [2.05, 4.69) is 20.9 Å². The number of esters is 1. The Morgan fingerprint density at radius 3 is 2.37 bits per heavy atom. The maximum Gasteiger partial charge on any atom is 0.355 e. The molecule has 0 aliphatic heterocycles. The van der Waals surface area contributed by atoms with Crippen molar-refractivity contribution in [2.75, 3.05) is 33.7 Å². The van der Waals surface area contributed by atoms with Crippen molar-refractivity contribution in [3.63, 3.8) is 0 Å². The number of anilines is 1. The quantitative estimate of drug-likeness (QED) is 0.301. The van der Waals surface area contributed by atoms with Gasteiger partial charge in [-0.2, -0.15) is 0 Å². The molecule has 30 heavy (non-hydrogen) atoms. The lowest BCUT2D eigenvalue weighted by Gasteiger charge is -2.17. The first-order valence-corrected chi connectivity index (χ1v) is 9.78. The summed E-state index contributed by atoms with van der Waals surface area (Å²) in [7, 11) is 4.29. The molecular weight excluding hydrogens is 456 g/mol. The summed E-state index contributed by atoms with van der Waals surface area (Å²) in [6, 6.07) is 6.77. The highest BCUT2D eigenvalue weighted by atomic mass is 79.9. The first kappa shape index (κ1) is 21.5. The van der Waals surface area contributed by atoms with Crippen LogP contribution in [0.25, 0.3) is 10.9 Å². The van der Waals surface area contributed by atoms with Gasteiger partial charge in [-0.1, -0.05) is 15.9 Å². The molecular formula is C21H21BrN2O6. The number of fused-ring (bicyclic) bond motifs is 1. The van der Waals surface area contributed by atoms with Gasteiger partial charge in [0, 0.05) is 15.4 Å². The number of hydrogen-bond acceptors (Lipinski definition) is 7. The van der Waals surface area contributed by atoms with E-state index in [1.165, 1.54) is 27.4 Å². The summed E-state index contributed by atoms with van der Waals surface area (Å²) in [4.78, 5) is 29.2. The molecule has 0 aliphatic carbocycles. The first-order chi connectivity index (χ1) is 14.4. The predicted molar refractivity (Wildman–Crippen MR) is 116 cm³/mol. The fourth-order valence-corrected chi connectivity index (χ4v) is 3.62. The summed E-state index contributed by atoms with van der Waals surface area (Å²) in [6.45, 7) is 1.85. The molecule has 158 valence electrons. The Bertz CT molecular complexity index is 1140. The highest BCUT2D eigenvalue weighted by Crippen LogP contribution is 2.44. The Labute approximate surface area is 181 Å². The molecule has 3 aromatic rings. The zero-order valence-electron chi connectivity index (χ0n) is 16.9. The van der Waals surface area contributed by atoms with Crippen LogP contribution in [-0.2, 0) is 4.74 Å². The minimum Gasteiger partial charge on any atom is -0.493 e. The van der Waals surface area contributed by atoms with E-state index in [0.29, 0.717) is 10.9 Å². The summed E-state index contributed by atoms with van der Waals surface area (Å²) >= 11 is 3.41. The summed E-state index contributed by atoms with van der Waals surface area (Å²) in [5, 5.41) is 0.547. The van der Waals surface area contributed by atoms with E-state index >= 15 is 0 Å². The second kappa shape index (κ2) is 8.66. The number of hydrogen-bond donors (Lipinski definition) is 2. The molecule has 1 aromatic heterocycles. The number of nitrogens with two attached hydrogens (primary N) is 1. The molecule has 1 heterocycles. The minimum absolute atomic E-state index is 0.0445. The van der Waals surface area contributed by atoms with Gasteiger partial charge < -0.3 is 29.7 Å². The van der Waals surface area contributed by atoms with Crippen LogP contribution in [0.2, 0.25) is 0 Å². The standard InChI is InChI=1S/C21H21BrN2O6/c1-5-30-21(26)17-15(11-8-10(22)6-7-13(11)24-17)18(25)12-9-14(27-2)19(28-3)20(29-4)16(12)23/h6-9,24H,5,23H2,1-4H3. The van der Waals surface area contributed by atoms with Crippen molar-refractivity contribution in [1.29, 1.82) is 0 Å². The molecule has 3 N–H and O–H groups in total. The van der Waals surface area contributed by atoms with Gasteiger partial charge in [-0.05, 0) is 31.2 Å². The molecule has 0 saturated heterocycles. The van der Waals surface area contributed by atoms with Gasteiger partial charge in [-0.15, -0.1) is 0 Å². The number of nitrogen functional groups attached to an aromatic ring is 1. The minimum atomic E-state index is -0.640. The van der Waals surface area contributed by atoms with Gasteiger partial charge in [0.25, 0.3) is 0 Å².